The molecule has 6 heteroatoms. The summed E-state index contributed by atoms with van der Waals surface area (Å²) in [5.41, 5.74) is 9.31. The summed E-state index contributed by atoms with van der Waals surface area (Å²) in [5, 5.41) is 0. The fraction of sp³-hybridized carbons (Fsp3) is 0.500. The Hall–Kier alpha value is -1.73. The Kier molecular flexibility index (Phi) is 6.11. The molecule has 0 spiro atoms. The molecule has 150 valence electrons. The summed E-state index contributed by atoms with van der Waals surface area (Å²) in [6.45, 7) is 5.66. The molecular weight excluding hydrogens is 372 g/mol. The van der Waals surface area contributed by atoms with Gasteiger partial charge in [-0.1, -0.05) is 24.3 Å². The third-order valence-corrected chi connectivity index (χ3v) is 6.79. The monoisotopic (exact) mass is 400 g/mol. The smallest absolute Gasteiger partial charge is 0.264 e. The minimum atomic E-state index is 0.111. The lowest BCUT2D eigenvalue weighted by molar-refractivity contribution is -0.0390. The fourth-order valence-corrected chi connectivity index (χ4v) is 4.92. The van der Waals surface area contributed by atoms with E-state index in [0.717, 1.165) is 59.9 Å². The van der Waals surface area contributed by atoms with E-state index in [1.807, 2.05) is 11.8 Å². The minimum absolute atomic E-state index is 0.111. The highest BCUT2D eigenvalue weighted by molar-refractivity contribution is 7.17. The number of nitrogens with two attached hydrogens (primary N) is 1. The van der Waals surface area contributed by atoms with E-state index in [0.29, 0.717) is 19.3 Å². The largest absolute Gasteiger partial charge is 0.381 e. The topological polar surface area (TPSA) is 64.8 Å². The number of aryl methyl sites for hydroxylation is 1. The molecule has 4 rings (SSSR count). The number of rotatable bonds is 5. The van der Waals surface area contributed by atoms with Gasteiger partial charge in [-0.15, -0.1) is 11.3 Å². The molecule has 0 bridgehead atoms. The highest BCUT2D eigenvalue weighted by atomic mass is 32.1. The minimum Gasteiger partial charge on any atom is -0.381 e. The van der Waals surface area contributed by atoms with Crippen LogP contribution in [0, 0.1) is 6.92 Å². The molecule has 2 aliphatic heterocycles. The van der Waals surface area contributed by atoms with Gasteiger partial charge in [0.05, 0.1) is 17.6 Å². The zero-order valence-electron chi connectivity index (χ0n) is 16.4. The Morgan fingerprint density at radius 3 is 2.68 bits per heavy atom. The average Bonchev–Trinajstić information content (AvgIpc) is 3.33. The number of carbonyl (C=O) groups is 1. The van der Waals surface area contributed by atoms with Gasteiger partial charge in [-0.05, 0) is 48.9 Å². The van der Waals surface area contributed by atoms with E-state index in [1.165, 1.54) is 5.56 Å². The molecule has 0 radical (unpaired) electrons. The second-order valence-corrected chi connectivity index (χ2v) is 8.79. The van der Waals surface area contributed by atoms with Gasteiger partial charge in [0, 0.05) is 37.2 Å². The maximum atomic E-state index is 12.8. The van der Waals surface area contributed by atoms with Crippen molar-refractivity contribution in [3.8, 4) is 10.4 Å². The van der Waals surface area contributed by atoms with Crippen LogP contribution in [0.25, 0.3) is 10.4 Å². The van der Waals surface area contributed by atoms with Crippen molar-refractivity contribution in [3.05, 3.63) is 46.3 Å². The summed E-state index contributed by atoms with van der Waals surface area (Å²) >= 11 is 1.57. The van der Waals surface area contributed by atoms with Crippen LogP contribution in [0.3, 0.4) is 0 Å². The number of likely N-dealkylation sites (tertiary alicyclic amines) is 1. The second kappa shape index (κ2) is 8.74. The summed E-state index contributed by atoms with van der Waals surface area (Å²) in [5.74, 6) is 0.114. The van der Waals surface area contributed by atoms with Gasteiger partial charge in [-0.25, -0.2) is 0 Å². The molecule has 0 saturated carbocycles. The Morgan fingerprint density at radius 1 is 1.25 bits per heavy atom. The summed E-state index contributed by atoms with van der Waals surface area (Å²) in [6, 6.07) is 10.7. The first-order chi connectivity index (χ1) is 13.6. The van der Waals surface area contributed by atoms with Crippen LogP contribution in [0.15, 0.2) is 30.3 Å². The van der Waals surface area contributed by atoms with Gasteiger partial charge in [0.25, 0.3) is 5.91 Å². The zero-order chi connectivity index (χ0) is 19.5. The lowest BCUT2D eigenvalue weighted by Gasteiger charge is -2.22. The number of ether oxygens (including phenoxy) is 2. The second-order valence-electron chi connectivity index (χ2n) is 7.74. The molecule has 2 aromatic rings. The van der Waals surface area contributed by atoms with Crippen LogP contribution in [-0.4, -0.2) is 49.3 Å². The van der Waals surface area contributed by atoms with Gasteiger partial charge in [0.2, 0.25) is 0 Å². The van der Waals surface area contributed by atoms with Crippen molar-refractivity contribution in [1.82, 2.24) is 4.90 Å². The van der Waals surface area contributed by atoms with Crippen molar-refractivity contribution in [1.29, 1.82) is 0 Å². The molecule has 28 heavy (non-hydrogen) atoms. The Bertz CT molecular complexity index is 812. The summed E-state index contributed by atoms with van der Waals surface area (Å²) in [6.07, 6.45) is 3.15. The van der Waals surface area contributed by atoms with Gasteiger partial charge in [-0.3, -0.25) is 4.79 Å². The van der Waals surface area contributed by atoms with Crippen molar-refractivity contribution in [2.75, 3.05) is 26.3 Å². The fourth-order valence-electron chi connectivity index (χ4n) is 3.77. The van der Waals surface area contributed by atoms with Gasteiger partial charge in [0.15, 0.2) is 0 Å². The van der Waals surface area contributed by atoms with Crippen molar-refractivity contribution in [2.24, 2.45) is 5.73 Å². The van der Waals surface area contributed by atoms with Crippen LogP contribution >= 0.6 is 11.3 Å². The number of amides is 1. The lowest BCUT2D eigenvalue weighted by Crippen LogP contribution is -2.31. The molecule has 2 fully saturated rings. The lowest BCUT2D eigenvalue weighted by atomic mass is 10.1. The van der Waals surface area contributed by atoms with E-state index < -0.39 is 0 Å². The van der Waals surface area contributed by atoms with Crippen molar-refractivity contribution >= 4 is 17.2 Å². The third kappa shape index (κ3) is 4.46. The zero-order valence-corrected chi connectivity index (χ0v) is 17.2. The molecule has 0 unspecified atom stereocenters. The molecule has 1 amide bonds. The molecule has 3 heterocycles. The standard InChI is InChI=1S/C22H28N2O3S/c1-15-12-20(28-21(15)22(25)24-9-6-18(23)13-24)17-4-2-16(3-5-17)14-27-19-7-10-26-11-8-19/h2-5,12,18-19H,6-11,13-14,23H2,1H3/t18-/m0/s1. The van der Waals surface area contributed by atoms with Crippen molar-refractivity contribution in [3.63, 3.8) is 0 Å². The summed E-state index contributed by atoms with van der Waals surface area (Å²) < 4.78 is 11.4. The van der Waals surface area contributed by atoms with Gasteiger partial charge >= 0.3 is 0 Å². The van der Waals surface area contributed by atoms with E-state index in [2.05, 4.69) is 30.3 Å². The van der Waals surface area contributed by atoms with Crippen molar-refractivity contribution < 1.29 is 14.3 Å². The Labute approximate surface area is 170 Å². The molecule has 1 aromatic carbocycles. The van der Waals surface area contributed by atoms with E-state index in [1.54, 1.807) is 11.3 Å². The average molecular weight is 401 g/mol. The predicted octanol–water partition coefficient (Wildman–Crippen LogP) is 3.59. The van der Waals surface area contributed by atoms with Crippen LogP contribution in [0.2, 0.25) is 0 Å². The van der Waals surface area contributed by atoms with E-state index in [9.17, 15) is 4.79 Å². The van der Waals surface area contributed by atoms with E-state index in [-0.39, 0.29) is 11.9 Å². The highest BCUT2D eigenvalue weighted by Gasteiger charge is 2.27. The summed E-state index contributed by atoms with van der Waals surface area (Å²) in [4.78, 5) is 16.6. The number of benzene rings is 1. The first-order valence-electron chi connectivity index (χ1n) is 10.0. The molecule has 5 nitrogen and oxygen atoms in total. The number of carbonyl (C=O) groups excluding carboxylic acids is 1. The predicted molar refractivity (Wildman–Crippen MR) is 112 cm³/mol. The third-order valence-electron chi connectivity index (χ3n) is 5.52. The van der Waals surface area contributed by atoms with Crippen LogP contribution in [-0.2, 0) is 16.1 Å². The van der Waals surface area contributed by atoms with Crippen LogP contribution in [0.5, 0.6) is 0 Å². The molecule has 2 saturated heterocycles. The van der Waals surface area contributed by atoms with Crippen LogP contribution in [0.1, 0.15) is 40.1 Å². The van der Waals surface area contributed by atoms with E-state index in [4.69, 9.17) is 15.2 Å². The van der Waals surface area contributed by atoms with Crippen LogP contribution < -0.4 is 5.73 Å². The molecule has 0 aliphatic carbocycles. The molecular formula is C22H28N2O3S. The number of nitrogens with zero attached hydrogens (tertiary/aromatic N) is 1. The highest BCUT2D eigenvalue weighted by Crippen LogP contribution is 2.33. The maximum absolute atomic E-state index is 12.8. The van der Waals surface area contributed by atoms with Gasteiger partial charge in [0.1, 0.15) is 0 Å². The molecule has 1 atom stereocenters. The molecule has 1 aromatic heterocycles. The quantitative estimate of drug-likeness (QED) is 0.833. The van der Waals surface area contributed by atoms with Crippen LogP contribution in [0.4, 0.5) is 0 Å². The maximum Gasteiger partial charge on any atom is 0.264 e. The molecule has 2 aliphatic rings. The number of thiophene rings is 1. The van der Waals surface area contributed by atoms with Gasteiger partial charge < -0.3 is 20.1 Å². The number of hydrogen-bond donors (Lipinski definition) is 1. The summed E-state index contributed by atoms with van der Waals surface area (Å²) in [7, 11) is 0. The molecule has 2 N–H and O–H groups in total. The number of hydrogen-bond acceptors (Lipinski definition) is 5. The van der Waals surface area contributed by atoms with Gasteiger partial charge in [-0.2, -0.15) is 0 Å². The first-order valence-corrected chi connectivity index (χ1v) is 10.9. The Morgan fingerprint density at radius 2 is 2.00 bits per heavy atom. The van der Waals surface area contributed by atoms with E-state index >= 15 is 0 Å². The normalized spacial score (nSPS) is 20.6. The SMILES string of the molecule is Cc1cc(-c2ccc(COC3CCOCC3)cc2)sc1C(=O)N1CC[C@H](N)C1. The van der Waals surface area contributed by atoms with Crippen molar-refractivity contribution in [2.45, 2.75) is 44.9 Å². The first kappa shape index (κ1) is 19.6. The Balaban J connectivity index is 1.40.